The Bertz CT molecular complexity index is 702. The molecule has 0 radical (unpaired) electrons. The minimum absolute atomic E-state index is 0.0200. The molecule has 0 aliphatic heterocycles. The van der Waals surface area contributed by atoms with E-state index >= 15 is 0 Å². The summed E-state index contributed by atoms with van der Waals surface area (Å²) in [6.07, 6.45) is 0. The van der Waals surface area contributed by atoms with Crippen molar-refractivity contribution in [2.24, 2.45) is 0 Å². The highest BCUT2D eigenvalue weighted by Crippen LogP contribution is 2.28. The van der Waals surface area contributed by atoms with Gasteiger partial charge in [-0.1, -0.05) is 12.1 Å². The normalized spacial score (nSPS) is 10.4. The van der Waals surface area contributed by atoms with Gasteiger partial charge in [-0.15, -0.1) is 0 Å². The number of hydrogen-bond acceptors (Lipinski definition) is 4. The highest BCUT2D eigenvalue weighted by atomic mass is 19.1. The van der Waals surface area contributed by atoms with Crippen molar-refractivity contribution in [1.82, 2.24) is 0 Å². The first-order valence-corrected chi connectivity index (χ1v) is 6.36. The predicted octanol–water partition coefficient (Wildman–Crippen LogP) is 3.67. The lowest BCUT2D eigenvalue weighted by Crippen LogP contribution is -2.03. The third-order valence-corrected chi connectivity index (χ3v) is 3.28. The molecule has 0 unspecified atom stereocenters. The Balaban J connectivity index is 2.26. The van der Waals surface area contributed by atoms with Gasteiger partial charge in [0.05, 0.1) is 4.92 Å². The number of nitrogens with zero attached hydrogens (tertiary/aromatic N) is 1. The molecular formula is C15H15FN2O3. The van der Waals surface area contributed by atoms with E-state index in [1.807, 2.05) is 6.92 Å². The fourth-order valence-electron chi connectivity index (χ4n) is 2.12. The van der Waals surface area contributed by atoms with E-state index in [1.165, 1.54) is 18.2 Å². The molecule has 5 nitrogen and oxygen atoms in total. The summed E-state index contributed by atoms with van der Waals surface area (Å²) >= 11 is 0. The van der Waals surface area contributed by atoms with Crippen LogP contribution in [0.15, 0.2) is 30.3 Å². The first-order valence-electron chi connectivity index (χ1n) is 6.36. The van der Waals surface area contributed by atoms with Gasteiger partial charge in [-0.05, 0) is 31.5 Å². The molecule has 0 heterocycles. The fraction of sp³-hybridized carbons (Fsp3) is 0.200. The summed E-state index contributed by atoms with van der Waals surface area (Å²) in [4.78, 5) is 10.5. The molecule has 0 aliphatic carbocycles. The van der Waals surface area contributed by atoms with Crippen molar-refractivity contribution in [1.29, 1.82) is 0 Å². The van der Waals surface area contributed by atoms with Gasteiger partial charge in [0.15, 0.2) is 11.6 Å². The number of benzene rings is 2. The van der Waals surface area contributed by atoms with Crippen molar-refractivity contribution >= 4 is 11.4 Å². The standard InChI is InChI=1S/C15H15FN2O3/c1-9-6-10(2)14(18(20)21)7-13(9)17-8-11-4-3-5-12(16)15(11)19/h3-7,17,19H,8H2,1-2H3. The SMILES string of the molecule is Cc1cc(C)c([N+](=O)[O-])cc1NCc1cccc(F)c1O. The molecule has 2 aromatic carbocycles. The maximum atomic E-state index is 13.2. The Morgan fingerprint density at radius 1 is 1.29 bits per heavy atom. The Labute approximate surface area is 121 Å². The molecule has 0 saturated carbocycles. The minimum Gasteiger partial charge on any atom is -0.505 e. The lowest BCUT2D eigenvalue weighted by atomic mass is 10.1. The van der Waals surface area contributed by atoms with Gasteiger partial charge in [0, 0.05) is 29.4 Å². The Kier molecular flexibility index (Phi) is 4.07. The van der Waals surface area contributed by atoms with Gasteiger partial charge < -0.3 is 10.4 Å². The van der Waals surface area contributed by atoms with Crippen molar-refractivity contribution in [3.05, 3.63) is 63.0 Å². The Hall–Kier alpha value is -2.63. The monoisotopic (exact) mass is 290 g/mol. The highest BCUT2D eigenvalue weighted by Gasteiger charge is 2.14. The average Bonchev–Trinajstić information content (AvgIpc) is 2.41. The van der Waals surface area contributed by atoms with Crippen molar-refractivity contribution in [3.8, 4) is 5.75 Å². The van der Waals surface area contributed by atoms with Crippen LogP contribution in [0.5, 0.6) is 5.75 Å². The number of phenolic OH excluding ortho intramolecular Hbond substituents is 1. The van der Waals surface area contributed by atoms with Crippen LogP contribution in [-0.2, 0) is 6.54 Å². The number of aryl methyl sites for hydroxylation is 2. The first-order chi connectivity index (χ1) is 9.90. The molecule has 110 valence electrons. The molecular weight excluding hydrogens is 275 g/mol. The van der Waals surface area contributed by atoms with Crippen LogP contribution in [0, 0.1) is 29.8 Å². The molecule has 0 spiro atoms. The quantitative estimate of drug-likeness (QED) is 0.665. The van der Waals surface area contributed by atoms with Crippen molar-refractivity contribution in [3.63, 3.8) is 0 Å². The van der Waals surface area contributed by atoms with Crippen molar-refractivity contribution in [2.45, 2.75) is 20.4 Å². The van der Waals surface area contributed by atoms with Crippen LogP contribution in [0.2, 0.25) is 0 Å². The number of aromatic hydroxyl groups is 1. The second-order valence-electron chi connectivity index (χ2n) is 4.81. The average molecular weight is 290 g/mol. The molecule has 0 saturated heterocycles. The number of halogens is 1. The third kappa shape index (κ3) is 3.10. The number of nitro benzene ring substituents is 1. The van der Waals surface area contributed by atoms with E-state index in [1.54, 1.807) is 19.1 Å². The van der Waals surface area contributed by atoms with E-state index in [9.17, 15) is 19.6 Å². The van der Waals surface area contributed by atoms with E-state index in [0.29, 0.717) is 16.8 Å². The van der Waals surface area contributed by atoms with Gasteiger partial charge in [0.25, 0.3) is 5.69 Å². The Morgan fingerprint density at radius 3 is 2.67 bits per heavy atom. The molecule has 0 aromatic heterocycles. The highest BCUT2D eigenvalue weighted by molar-refractivity contribution is 5.60. The van der Waals surface area contributed by atoms with Gasteiger partial charge in [-0.3, -0.25) is 10.1 Å². The molecule has 6 heteroatoms. The lowest BCUT2D eigenvalue weighted by molar-refractivity contribution is -0.385. The van der Waals surface area contributed by atoms with Crippen LogP contribution in [0.3, 0.4) is 0 Å². The first kappa shape index (κ1) is 14.8. The molecule has 0 aliphatic rings. The zero-order valence-corrected chi connectivity index (χ0v) is 11.7. The van der Waals surface area contributed by atoms with Gasteiger partial charge in [0.2, 0.25) is 0 Å². The van der Waals surface area contributed by atoms with Gasteiger partial charge in [0.1, 0.15) is 0 Å². The number of nitro groups is 1. The van der Waals surface area contributed by atoms with E-state index in [0.717, 1.165) is 5.56 Å². The number of para-hydroxylation sites is 1. The summed E-state index contributed by atoms with van der Waals surface area (Å²) in [7, 11) is 0. The number of hydrogen-bond donors (Lipinski definition) is 2. The summed E-state index contributed by atoms with van der Waals surface area (Å²) in [6, 6.07) is 7.41. The summed E-state index contributed by atoms with van der Waals surface area (Å²) in [5.41, 5.74) is 2.41. The van der Waals surface area contributed by atoms with Crippen LogP contribution in [-0.4, -0.2) is 10.0 Å². The zero-order valence-electron chi connectivity index (χ0n) is 11.7. The molecule has 0 amide bonds. The lowest BCUT2D eigenvalue weighted by Gasteiger charge is -2.12. The Morgan fingerprint density at radius 2 is 2.00 bits per heavy atom. The van der Waals surface area contributed by atoms with Crippen LogP contribution < -0.4 is 5.32 Å². The summed E-state index contributed by atoms with van der Waals surface area (Å²) in [6.45, 7) is 3.67. The summed E-state index contributed by atoms with van der Waals surface area (Å²) in [5, 5.41) is 23.5. The van der Waals surface area contributed by atoms with Gasteiger partial charge in [-0.25, -0.2) is 4.39 Å². The molecule has 0 bridgehead atoms. The second-order valence-corrected chi connectivity index (χ2v) is 4.81. The largest absolute Gasteiger partial charge is 0.505 e. The maximum Gasteiger partial charge on any atom is 0.274 e. The van der Waals surface area contributed by atoms with Crippen LogP contribution >= 0.6 is 0 Å². The molecule has 21 heavy (non-hydrogen) atoms. The minimum atomic E-state index is -0.694. The van der Waals surface area contributed by atoms with E-state index in [-0.39, 0.29) is 12.2 Å². The summed E-state index contributed by atoms with van der Waals surface area (Å²) in [5.74, 6) is -1.11. The molecule has 2 aromatic rings. The number of anilines is 1. The number of nitrogens with one attached hydrogen (secondary N) is 1. The van der Waals surface area contributed by atoms with Crippen molar-refractivity contribution in [2.75, 3.05) is 5.32 Å². The summed E-state index contributed by atoms with van der Waals surface area (Å²) < 4.78 is 13.2. The van der Waals surface area contributed by atoms with E-state index in [4.69, 9.17) is 0 Å². The maximum absolute atomic E-state index is 13.2. The predicted molar refractivity (Wildman–Crippen MR) is 78.0 cm³/mol. The fourth-order valence-corrected chi connectivity index (χ4v) is 2.12. The zero-order chi connectivity index (χ0) is 15.6. The molecule has 0 atom stereocenters. The van der Waals surface area contributed by atoms with E-state index in [2.05, 4.69) is 5.32 Å². The third-order valence-electron chi connectivity index (χ3n) is 3.28. The number of phenols is 1. The molecule has 2 N–H and O–H groups in total. The smallest absolute Gasteiger partial charge is 0.274 e. The van der Waals surface area contributed by atoms with Crippen LogP contribution in [0.1, 0.15) is 16.7 Å². The van der Waals surface area contributed by atoms with Crippen LogP contribution in [0.25, 0.3) is 0 Å². The number of rotatable bonds is 4. The molecule has 0 fully saturated rings. The van der Waals surface area contributed by atoms with Crippen LogP contribution in [0.4, 0.5) is 15.8 Å². The van der Waals surface area contributed by atoms with Crippen molar-refractivity contribution < 1.29 is 14.4 Å². The van der Waals surface area contributed by atoms with Gasteiger partial charge in [-0.2, -0.15) is 0 Å². The van der Waals surface area contributed by atoms with Gasteiger partial charge >= 0.3 is 0 Å². The molecule has 2 rings (SSSR count). The second kappa shape index (κ2) is 5.78. The van der Waals surface area contributed by atoms with E-state index < -0.39 is 16.5 Å². The topological polar surface area (TPSA) is 75.4 Å².